The summed E-state index contributed by atoms with van der Waals surface area (Å²) in [5, 5.41) is 13.2. The molecular weight excluding hydrogens is 212 g/mol. The maximum Gasteiger partial charge on any atom is 0.0628 e. The topological polar surface area (TPSA) is 35.5 Å². The Hall–Kier alpha value is -0.120. The summed E-state index contributed by atoms with van der Waals surface area (Å²) in [6.45, 7) is 6.08. The van der Waals surface area contributed by atoms with E-state index >= 15 is 0 Å². The van der Waals surface area contributed by atoms with Crippen molar-refractivity contribution in [2.24, 2.45) is 11.8 Å². The van der Waals surface area contributed by atoms with Gasteiger partial charge in [-0.05, 0) is 64.1 Å². The van der Waals surface area contributed by atoms with Crippen LogP contribution in [0.15, 0.2) is 0 Å². The van der Waals surface area contributed by atoms with Crippen LogP contribution in [-0.2, 0) is 0 Å². The second-order valence-corrected chi connectivity index (χ2v) is 6.15. The van der Waals surface area contributed by atoms with Crippen molar-refractivity contribution in [2.45, 2.75) is 44.6 Å². The fourth-order valence-electron chi connectivity index (χ4n) is 3.19. The maximum atomic E-state index is 9.75. The molecule has 2 rings (SSSR count). The average molecular weight is 240 g/mol. The monoisotopic (exact) mass is 240 g/mol. The summed E-state index contributed by atoms with van der Waals surface area (Å²) in [5.74, 6) is 1.57. The molecule has 0 aromatic carbocycles. The SMILES string of the molecule is CNC(CO)(CN1CCCC(C)CC1)C1CC1. The zero-order valence-electron chi connectivity index (χ0n) is 11.4. The Bertz CT molecular complexity index is 236. The molecule has 2 atom stereocenters. The number of hydrogen-bond donors (Lipinski definition) is 2. The quantitative estimate of drug-likeness (QED) is 0.764. The predicted molar refractivity (Wildman–Crippen MR) is 71.1 cm³/mol. The summed E-state index contributed by atoms with van der Waals surface area (Å²) < 4.78 is 0. The van der Waals surface area contributed by atoms with E-state index in [4.69, 9.17) is 0 Å². The number of nitrogens with one attached hydrogen (secondary N) is 1. The molecule has 0 spiro atoms. The van der Waals surface area contributed by atoms with E-state index in [0.717, 1.165) is 12.5 Å². The summed E-state index contributed by atoms with van der Waals surface area (Å²) in [6.07, 6.45) is 6.57. The third-order valence-electron chi connectivity index (χ3n) is 4.75. The number of aliphatic hydroxyl groups excluding tert-OH is 1. The van der Waals surface area contributed by atoms with Crippen LogP contribution in [0.4, 0.5) is 0 Å². The van der Waals surface area contributed by atoms with Crippen molar-refractivity contribution in [3.63, 3.8) is 0 Å². The van der Waals surface area contributed by atoms with Crippen molar-refractivity contribution in [3.05, 3.63) is 0 Å². The van der Waals surface area contributed by atoms with Gasteiger partial charge in [0.25, 0.3) is 0 Å². The summed E-state index contributed by atoms with van der Waals surface area (Å²) in [5.41, 5.74) is -0.0341. The zero-order valence-corrected chi connectivity index (χ0v) is 11.4. The van der Waals surface area contributed by atoms with E-state index in [0.29, 0.717) is 5.92 Å². The maximum absolute atomic E-state index is 9.75. The molecule has 0 aromatic heterocycles. The number of likely N-dealkylation sites (tertiary alicyclic amines) is 1. The van der Waals surface area contributed by atoms with Gasteiger partial charge < -0.3 is 15.3 Å². The van der Waals surface area contributed by atoms with Crippen molar-refractivity contribution in [1.29, 1.82) is 0 Å². The Balaban J connectivity index is 1.92. The molecular formula is C14H28N2O. The van der Waals surface area contributed by atoms with Gasteiger partial charge in [-0.1, -0.05) is 6.92 Å². The minimum Gasteiger partial charge on any atom is -0.394 e. The molecule has 2 N–H and O–H groups in total. The Labute approximate surface area is 106 Å². The molecule has 1 saturated heterocycles. The summed E-state index contributed by atoms with van der Waals surface area (Å²) >= 11 is 0. The summed E-state index contributed by atoms with van der Waals surface area (Å²) in [6, 6.07) is 0. The smallest absolute Gasteiger partial charge is 0.0628 e. The first kappa shape index (κ1) is 13.3. The third-order valence-corrected chi connectivity index (χ3v) is 4.75. The van der Waals surface area contributed by atoms with Crippen LogP contribution < -0.4 is 5.32 Å². The fraction of sp³-hybridized carbons (Fsp3) is 1.00. The van der Waals surface area contributed by atoms with E-state index in [1.165, 1.54) is 45.2 Å². The van der Waals surface area contributed by atoms with E-state index in [1.54, 1.807) is 0 Å². The van der Waals surface area contributed by atoms with Gasteiger partial charge in [0.2, 0.25) is 0 Å². The zero-order chi connectivity index (χ0) is 12.3. The lowest BCUT2D eigenvalue weighted by molar-refractivity contribution is 0.0977. The highest BCUT2D eigenvalue weighted by molar-refractivity contribution is 5.02. The summed E-state index contributed by atoms with van der Waals surface area (Å²) in [4.78, 5) is 2.56. The molecule has 1 heterocycles. The molecule has 3 heteroatoms. The standard InChI is InChI=1S/C14H28N2O/c1-12-4-3-8-16(9-7-12)10-14(11-17,15-2)13-5-6-13/h12-13,15,17H,3-11H2,1-2H3. The van der Waals surface area contributed by atoms with Gasteiger partial charge in [-0.15, -0.1) is 0 Å². The van der Waals surface area contributed by atoms with E-state index < -0.39 is 0 Å². The average Bonchev–Trinajstić information content (AvgIpc) is 3.16. The van der Waals surface area contributed by atoms with Gasteiger partial charge >= 0.3 is 0 Å². The van der Waals surface area contributed by atoms with Crippen LogP contribution in [0.3, 0.4) is 0 Å². The number of rotatable bonds is 5. The van der Waals surface area contributed by atoms with Gasteiger partial charge in [0.15, 0.2) is 0 Å². The molecule has 0 aromatic rings. The second kappa shape index (κ2) is 5.68. The molecule has 1 saturated carbocycles. The van der Waals surface area contributed by atoms with E-state index in [1.807, 2.05) is 7.05 Å². The molecule has 0 amide bonds. The minimum absolute atomic E-state index is 0.0341. The fourth-order valence-corrected chi connectivity index (χ4v) is 3.19. The molecule has 0 radical (unpaired) electrons. The van der Waals surface area contributed by atoms with Crippen LogP contribution in [0, 0.1) is 11.8 Å². The largest absolute Gasteiger partial charge is 0.394 e. The van der Waals surface area contributed by atoms with Gasteiger partial charge in [-0.3, -0.25) is 0 Å². The lowest BCUT2D eigenvalue weighted by atomic mass is 9.93. The Morgan fingerprint density at radius 3 is 2.59 bits per heavy atom. The number of nitrogens with zero attached hydrogens (tertiary/aromatic N) is 1. The van der Waals surface area contributed by atoms with Crippen molar-refractivity contribution >= 4 is 0 Å². The molecule has 1 aliphatic carbocycles. The minimum atomic E-state index is -0.0341. The Morgan fingerprint density at radius 1 is 1.24 bits per heavy atom. The van der Waals surface area contributed by atoms with Gasteiger partial charge in [0.05, 0.1) is 12.1 Å². The molecule has 0 bridgehead atoms. The lowest BCUT2D eigenvalue weighted by Gasteiger charge is -2.37. The number of hydrogen-bond acceptors (Lipinski definition) is 3. The van der Waals surface area contributed by atoms with Crippen LogP contribution in [0.5, 0.6) is 0 Å². The van der Waals surface area contributed by atoms with E-state index in [-0.39, 0.29) is 12.1 Å². The van der Waals surface area contributed by atoms with Gasteiger partial charge in [0, 0.05) is 6.54 Å². The first-order valence-corrected chi connectivity index (χ1v) is 7.22. The molecule has 2 unspecified atom stereocenters. The molecule has 2 aliphatic rings. The van der Waals surface area contributed by atoms with E-state index in [2.05, 4.69) is 17.1 Å². The van der Waals surface area contributed by atoms with Crippen LogP contribution in [0.2, 0.25) is 0 Å². The lowest BCUT2D eigenvalue weighted by Crippen LogP contribution is -2.56. The molecule has 1 aliphatic heterocycles. The van der Waals surface area contributed by atoms with Crippen molar-refractivity contribution in [1.82, 2.24) is 10.2 Å². The first-order chi connectivity index (χ1) is 8.20. The van der Waals surface area contributed by atoms with E-state index in [9.17, 15) is 5.11 Å². The molecule has 3 nitrogen and oxygen atoms in total. The second-order valence-electron chi connectivity index (χ2n) is 6.15. The van der Waals surface area contributed by atoms with Gasteiger partial charge in [-0.25, -0.2) is 0 Å². The van der Waals surface area contributed by atoms with Gasteiger partial charge in [0.1, 0.15) is 0 Å². The first-order valence-electron chi connectivity index (χ1n) is 7.22. The Kier molecular flexibility index (Phi) is 4.45. The normalized spacial score (nSPS) is 30.9. The Morgan fingerprint density at radius 2 is 2.00 bits per heavy atom. The van der Waals surface area contributed by atoms with Crippen LogP contribution in [0.25, 0.3) is 0 Å². The van der Waals surface area contributed by atoms with Crippen molar-refractivity contribution in [2.75, 3.05) is 33.3 Å². The number of likely N-dealkylation sites (N-methyl/N-ethyl adjacent to an activating group) is 1. The van der Waals surface area contributed by atoms with Crippen LogP contribution in [0.1, 0.15) is 39.0 Å². The van der Waals surface area contributed by atoms with Crippen molar-refractivity contribution in [3.8, 4) is 0 Å². The highest BCUT2D eigenvalue weighted by atomic mass is 16.3. The molecule has 2 fully saturated rings. The number of aliphatic hydroxyl groups is 1. The van der Waals surface area contributed by atoms with Crippen molar-refractivity contribution < 1.29 is 5.11 Å². The third kappa shape index (κ3) is 3.21. The summed E-state index contributed by atoms with van der Waals surface area (Å²) in [7, 11) is 2.01. The highest BCUT2D eigenvalue weighted by Crippen LogP contribution is 2.40. The van der Waals surface area contributed by atoms with Gasteiger partial charge in [-0.2, -0.15) is 0 Å². The van der Waals surface area contributed by atoms with Crippen LogP contribution in [-0.4, -0.2) is 48.8 Å². The van der Waals surface area contributed by atoms with Crippen LogP contribution >= 0.6 is 0 Å². The predicted octanol–water partition coefficient (Wildman–Crippen LogP) is 1.47. The highest BCUT2D eigenvalue weighted by Gasteiger charge is 2.44. The molecule has 17 heavy (non-hydrogen) atoms. The molecule has 100 valence electrons.